The van der Waals surface area contributed by atoms with Crippen molar-refractivity contribution in [1.82, 2.24) is 20.2 Å². The summed E-state index contributed by atoms with van der Waals surface area (Å²) in [7, 11) is 0. The molecule has 0 N–H and O–H groups in total. The molecular formula is C21H16F2N4O2. The molecule has 0 amide bonds. The number of aromatic nitrogens is 4. The molecule has 146 valence electrons. The highest BCUT2D eigenvalue weighted by Crippen LogP contribution is 2.29. The molecule has 8 heteroatoms. The summed E-state index contributed by atoms with van der Waals surface area (Å²) in [5, 5.41) is 8.15. The van der Waals surface area contributed by atoms with Crippen molar-refractivity contribution in [1.29, 1.82) is 0 Å². The minimum atomic E-state index is -3.28. The van der Waals surface area contributed by atoms with Crippen molar-refractivity contribution >= 4 is 0 Å². The predicted octanol–water partition coefficient (Wildman–Crippen LogP) is 5.16. The predicted molar refractivity (Wildman–Crippen MR) is 102 cm³/mol. The molecular weight excluding hydrogens is 378 g/mol. The van der Waals surface area contributed by atoms with Gasteiger partial charge in [0, 0.05) is 18.1 Å². The summed E-state index contributed by atoms with van der Waals surface area (Å²) in [6.45, 7) is 2.46. The fourth-order valence-electron chi connectivity index (χ4n) is 2.73. The van der Waals surface area contributed by atoms with Gasteiger partial charge in [-0.3, -0.25) is 4.98 Å². The van der Waals surface area contributed by atoms with E-state index in [4.69, 9.17) is 4.42 Å². The third-order valence-electron chi connectivity index (χ3n) is 4.03. The number of alkyl halides is 2. The largest absolute Gasteiger partial charge is 0.433 e. The lowest BCUT2D eigenvalue weighted by Gasteiger charge is -2.13. The van der Waals surface area contributed by atoms with E-state index >= 15 is 0 Å². The fraction of sp³-hybridized carbons (Fsp3) is 0.143. The van der Waals surface area contributed by atoms with Crippen molar-refractivity contribution in [3.8, 4) is 40.0 Å². The minimum Gasteiger partial charge on any atom is -0.433 e. The SMILES string of the molecule is Cc1ncc(-c2cccc(OC(C)(F)F)c2)nc1-c1nnc(-c2ccccc2)o1. The maximum atomic E-state index is 13.1. The average molecular weight is 394 g/mol. The van der Waals surface area contributed by atoms with Crippen molar-refractivity contribution in [3.63, 3.8) is 0 Å². The molecule has 0 unspecified atom stereocenters. The summed E-state index contributed by atoms with van der Waals surface area (Å²) in [5.74, 6) is 0.624. The first-order valence-corrected chi connectivity index (χ1v) is 8.79. The van der Waals surface area contributed by atoms with Crippen LogP contribution in [0.4, 0.5) is 8.78 Å². The molecule has 4 rings (SSSR count). The zero-order valence-corrected chi connectivity index (χ0v) is 15.6. The lowest BCUT2D eigenvalue weighted by molar-refractivity contribution is -0.158. The Balaban J connectivity index is 1.69. The van der Waals surface area contributed by atoms with Crippen LogP contribution in [0.5, 0.6) is 5.75 Å². The summed E-state index contributed by atoms with van der Waals surface area (Å²) in [6, 6.07) is 15.6. The molecule has 0 atom stereocenters. The molecule has 2 heterocycles. The third-order valence-corrected chi connectivity index (χ3v) is 4.03. The average Bonchev–Trinajstić information content (AvgIpc) is 3.18. The van der Waals surface area contributed by atoms with Gasteiger partial charge in [0.1, 0.15) is 11.4 Å². The molecule has 2 aromatic carbocycles. The molecule has 29 heavy (non-hydrogen) atoms. The van der Waals surface area contributed by atoms with Crippen molar-refractivity contribution in [3.05, 3.63) is 66.5 Å². The van der Waals surface area contributed by atoms with Crippen molar-refractivity contribution in [2.75, 3.05) is 0 Å². The number of benzene rings is 2. The quantitative estimate of drug-likeness (QED) is 0.465. The van der Waals surface area contributed by atoms with Crippen molar-refractivity contribution in [2.24, 2.45) is 0 Å². The van der Waals surface area contributed by atoms with E-state index < -0.39 is 6.11 Å². The standard InChI is InChI=1S/C21H16F2N4O2/c1-13-18(20-27-26-19(28-20)14-7-4-3-5-8-14)25-17(12-24-13)15-9-6-10-16(11-15)29-21(2,22)23/h3-12H,1-2H3. The number of rotatable bonds is 5. The Bertz CT molecular complexity index is 1140. The molecule has 0 spiro atoms. The minimum absolute atomic E-state index is 0.0306. The van der Waals surface area contributed by atoms with E-state index in [1.807, 2.05) is 30.3 Å². The zero-order valence-electron chi connectivity index (χ0n) is 15.6. The number of hydrogen-bond acceptors (Lipinski definition) is 6. The molecule has 0 bridgehead atoms. The van der Waals surface area contributed by atoms with Gasteiger partial charge in [-0.25, -0.2) is 4.98 Å². The van der Waals surface area contributed by atoms with Gasteiger partial charge in [0.15, 0.2) is 0 Å². The molecule has 6 nitrogen and oxygen atoms in total. The van der Waals surface area contributed by atoms with Crippen LogP contribution in [0.2, 0.25) is 0 Å². The van der Waals surface area contributed by atoms with Crippen LogP contribution in [0.25, 0.3) is 34.3 Å². The van der Waals surface area contributed by atoms with Gasteiger partial charge in [0.05, 0.1) is 17.6 Å². The molecule has 2 aromatic heterocycles. The molecule has 0 aliphatic carbocycles. The maximum absolute atomic E-state index is 13.1. The highest BCUT2D eigenvalue weighted by Gasteiger charge is 2.23. The number of nitrogens with zero attached hydrogens (tertiary/aromatic N) is 4. The van der Waals surface area contributed by atoms with E-state index in [1.54, 1.807) is 25.3 Å². The van der Waals surface area contributed by atoms with E-state index in [1.165, 1.54) is 12.1 Å². The second kappa shape index (κ2) is 7.38. The van der Waals surface area contributed by atoms with Gasteiger partial charge in [-0.15, -0.1) is 10.2 Å². The van der Waals surface area contributed by atoms with E-state index in [0.29, 0.717) is 35.5 Å². The van der Waals surface area contributed by atoms with Crippen LogP contribution < -0.4 is 4.74 Å². The highest BCUT2D eigenvalue weighted by atomic mass is 19.3. The summed E-state index contributed by atoms with van der Waals surface area (Å²) in [5.41, 5.74) is 2.85. The third kappa shape index (κ3) is 4.26. The van der Waals surface area contributed by atoms with Crippen LogP contribution in [-0.4, -0.2) is 26.3 Å². The molecule has 0 aliphatic heterocycles. The van der Waals surface area contributed by atoms with Gasteiger partial charge in [-0.1, -0.05) is 30.3 Å². The smallest absolute Gasteiger partial charge is 0.394 e. The van der Waals surface area contributed by atoms with Crippen LogP contribution in [0.3, 0.4) is 0 Å². The van der Waals surface area contributed by atoms with Crippen LogP contribution >= 0.6 is 0 Å². The van der Waals surface area contributed by atoms with Gasteiger partial charge in [-0.2, -0.15) is 8.78 Å². The Kier molecular flexibility index (Phi) is 4.75. The number of ether oxygens (including phenoxy) is 1. The van der Waals surface area contributed by atoms with Gasteiger partial charge < -0.3 is 9.15 Å². The van der Waals surface area contributed by atoms with Crippen molar-refractivity contribution in [2.45, 2.75) is 20.0 Å². The van der Waals surface area contributed by atoms with E-state index in [9.17, 15) is 8.78 Å². The lowest BCUT2D eigenvalue weighted by Crippen LogP contribution is -2.19. The molecule has 0 aliphatic rings. The summed E-state index contributed by atoms with van der Waals surface area (Å²) in [4.78, 5) is 8.89. The van der Waals surface area contributed by atoms with Gasteiger partial charge in [0.2, 0.25) is 5.89 Å². The van der Waals surface area contributed by atoms with E-state index in [-0.39, 0.29) is 11.6 Å². The number of aryl methyl sites for hydroxylation is 1. The lowest BCUT2D eigenvalue weighted by atomic mass is 10.1. The topological polar surface area (TPSA) is 73.9 Å². The van der Waals surface area contributed by atoms with Gasteiger partial charge in [0.25, 0.3) is 5.89 Å². The normalized spacial score (nSPS) is 11.4. The zero-order chi connectivity index (χ0) is 20.4. The van der Waals surface area contributed by atoms with Gasteiger partial charge in [-0.05, 0) is 31.2 Å². The Hall–Kier alpha value is -3.68. The molecule has 0 saturated heterocycles. The Morgan fingerprint density at radius 1 is 0.931 bits per heavy atom. The van der Waals surface area contributed by atoms with E-state index in [2.05, 4.69) is 24.9 Å². The van der Waals surface area contributed by atoms with Crippen LogP contribution in [0.1, 0.15) is 12.6 Å². The summed E-state index contributed by atoms with van der Waals surface area (Å²) >= 11 is 0. The first-order chi connectivity index (χ1) is 13.9. The Morgan fingerprint density at radius 2 is 1.66 bits per heavy atom. The maximum Gasteiger partial charge on any atom is 0.394 e. The molecule has 4 aromatic rings. The number of halogens is 2. The Labute approximate surface area is 165 Å². The van der Waals surface area contributed by atoms with Crippen LogP contribution in [0.15, 0.2) is 65.2 Å². The van der Waals surface area contributed by atoms with Crippen LogP contribution in [0, 0.1) is 6.92 Å². The van der Waals surface area contributed by atoms with E-state index in [0.717, 1.165) is 5.56 Å². The second-order valence-corrected chi connectivity index (χ2v) is 6.41. The second-order valence-electron chi connectivity index (χ2n) is 6.41. The van der Waals surface area contributed by atoms with Gasteiger partial charge >= 0.3 is 6.11 Å². The summed E-state index contributed by atoms with van der Waals surface area (Å²) in [6.07, 6.45) is -1.73. The molecule has 0 radical (unpaired) electrons. The molecule has 0 fully saturated rings. The number of hydrogen-bond donors (Lipinski definition) is 0. The fourth-order valence-corrected chi connectivity index (χ4v) is 2.73. The first-order valence-electron chi connectivity index (χ1n) is 8.79. The van der Waals surface area contributed by atoms with Crippen LogP contribution in [-0.2, 0) is 0 Å². The Morgan fingerprint density at radius 3 is 2.41 bits per heavy atom. The first kappa shape index (κ1) is 18.7. The highest BCUT2D eigenvalue weighted by molar-refractivity contribution is 5.64. The monoisotopic (exact) mass is 394 g/mol. The molecule has 0 saturated carbocycles. The summed E-state index contributed by atoms with van der Waals surface area (Å²) < 4.78 is 36.7. The van der Waals surface area contributed by atoms with Crippen molar-refractivity contribution < 1.29 is 17.9 Å².